The van der Waals surface area contributed by atoms with Crippen LogP contribution in [-0.2, 0) is 0 Å². The number of benzene rings is 1. The van der Waals surface area contributed by atoms with E-state index in [1.165, 1.54) is 12.0 Å². The first-order chi connectivity index (χ1) is 8.34. The molecular weight excluding hydrogens is 214 g/mol. The number of hydrogen-bond acceptors (Lipinski definition) is 4. The van der Waals surface area contributed by atoms with Gasteiger partial charge in [0.05, 0.1) is 6.04 Å². The zero-order chi connectivity index (χ0) is 11.7. The highest BCUT2D eigenvalue weighted by molar-refractivity contribution is 5.58. The highest BCUT2D eigenvalue weighted by Gasteiger charge is 2.22. The van der Waals surface area contributed by atoms with E-state index in [0.29, 0.717) is 11.7 Å². The molecule has 0 radical (unpaired) electrons. The minimum atomic E-state index is 0.236. The Morgan fingerprint density at radius 2 is 2.24 bits per heavy atom. The lowest BCUT2D eigenvalue weighted by Gasteiger charge is -2.01. The molecule has 3 rings (SSSR count). The quantitative estimate of drug-likeness (QED) is 0.859. The average molecular weight is 229 g/mol. The van der Waals surface area contributed by atoms with Crippen LogP contribution < -0.4 is 5.32 Å². The lowest BCUT2D eigenvalue weighted by Crippen LogP contribution is -2.12. The van der Waals surface area contributed by atoms with Crippen molar-refractivity contribution >= 4 is 0 Å². The zero-order valence-corrected chi connectivity index (χ0v) is 9.81. The molecule has 0 saturated carbocycles. The van der Waals surface area contributed by atoms with E-state index < -0.39 is 0 Å². The molecule has 0 aliphatic carbocycles. The largest absolute Gasteiger partial charge is 0.337 e. The van der Waals surface area contributed by atoms with Crippen LogP contribution in [0.25, 0.3) is 11.4 Å². The van der Waals surface area contributed by atoms with Crippen LogP contribution in [-0.4, -0.2) is 16.7 Å². The third-order valence-corrected chi connectivity index (χ3v) is 3.19. The predicted molar refractivity (Wildman–Crippen MR) is 64.4 cm³/mol. The number of nitrogens with one attached hydrogen (secondary N) is 1. The highest BCUT2D eigenvalue weighted by atomic mass is 16.5. The molecule has 1 aliphatic heterocycles. The fourth-order valence-electron chi connectivity index (χ4n) is 2.21. The number of rotatable bonds is 2. The van der Waals surface area contributed by atoms with Crippen LogP contribution in [0, 0.1) is 6.92 Å². The maximum atomic E-state index is 5.33. The fourth-order valence-corrected chi connectivity index (χ4v) is 2.21. The molecule has 2 aromatic rings. The number of aryl methyl sites for hydroxylation is 1. The summed E-state index contributed by atoms with van der Waals surface area (Å²) in [6.45, 7) is 3.09. The first kappa shape index (κ1) is 10.5. The maximum absolute atomic E-state index is 5.33. The van der Waals surface area contributed by atoms with Crippen molar-refractivity contribution in [2.45, 2.75) is 25.8 Å². The Morgan fingerprint density at radius 1 is 1.35 bits per heavy atom. The fraction of sp³-hybridized carbons (Fsp3) is 0.385. The van der Waals surface area contributed by atoms with Crippen LogP contribution in [0.5, 0.6) is 0 Å². The number of aromatic nitrogens is 2. The molecule has 1 fully saturated rings. The van der Waals surface area contributed by atoms with E-state index in [9.17, 15) is 0 Å². The predicted octanol–water partition coefficient (Wildman–Crippen LogP) is 2.47. The molecule has 4 heteroatoms. The molecule has 2 heterocycles. The summed E-state index contributed by atoms with van der Waals surface area (Å²) < 4.78 is 5.33. The number of nitrogens with zero attached hydrogens (tertiary/aromatic N) is 2. The summed E-state index contributed by atoms with van der Waals surface area (Å²) in [7, 11) is 0. The first-order valence-corrected chi connectivity index (χ1v) is 5.97. The SMILES string of the molecule is Cc1ccccc1-c1noc([C@@H]2CCCN2)n1. The van der Waals surface area contributed by atoms with Crippen LogP contribution in [0.1, 0.15) is 30.3 Å². The molecule has 88 valence electrons. The van der Waals surface area contributed by atoms with Gasteiger partial charge >= 0.3 is 0 Å². The highest BCUT2D eigenvalue weighted by Crippen LogP contribution is 2.25. The third kappa shape index (κ3) is 1.96. The Bertz CT molecular complexity index is 515. The summed E-state index contributed by atoms with van der Waals surface area (Å²) >= 11 is 0. The molecule has 17 heavy (non-hydrogen) atoms. The molecule has 1 saturated heterocycles. The van der Waals surface area contributed by atoms with Gasteiger partial charge in [-0.05, 0) is 31.9 Å². The van der Waals surface area contributed by atoms with E-state index in [-0.39, 0.29) is 6.04 Å². The van der Waals surface area contributed by atoms with E-state index in [4.69, 9.17) is 4.52 Å². The molecule has 0 bridgehead atoms. The number of hydrogen-bond donors (Lipinski definition) is 1. The van der Waals surface area contributed by atoms with Gasteiger partial charge in [0.15, 0.2) is 0 Å². The van der Waals surface area contributed by atoms with E-state index >= 15 is 0 Å². The molecule has 0 spiro atoms. The molecule has 1 aromatic heterocycles. The maximum Gasteiger partial charge on any atom is 0.244 e. The Labute approximate surface area is 100 Å². The van der Waals surface area contributed by atoms with Gasteiger partial charge in [-0.2, -0.15) is 4.98 Å². The van der Waals surface area contributed by atoms with E-state index in [0.717, 1.165) is 18.5 Å². The van der Waals surface area contributed by atoms with Gasteiger partial charge in [-0.15, -0.1) is 0 Å². The van der Waals surface area contributed by atoms with Crippen LogP contribution in [0.2, 0.25) is 0 Å². The van der Waals surface area contributed by atoms with Crippen LogP contribution in [0.15, 0.2) is 28.8 Å². The van der Waals surface area contributed by atoms with Crippen molar-refractivity contribution in [1.82, 2.24) is 15.5 Å². The van der Waals surface area contributed by atoms with E-state index in [1.54, 1.807) is 0 Å². The van der Waals surface area contributed by atoms with Gasteiger partial charge in [0.1, 0.15) is 0 Å². The van der Waals surface area contributed by atoms with Gasteiger partial charge in [-0.25, -0.2) is 0 Å². The topological polar surface area (TPSA) is 51.0 Å². The minimum Gasteiger partial charge on any atom is -0.337 e. The Morgan fingerprint density at radius 3 is 3.00 bits per heavy atom. The molecule has 0 unspecified atom stereocenters. The Hall–Kier alpha value is -1.68. The van der Waals surface area contributed by atoms with Crippen LogP contribution in [0.4, 0.5) is 0 Å². The van der Waals surface area contributed by atoms with Crippen molar-refractivity contribution in [3.63, 3.8) is 0 Å². The third-order valence-electron chi connectivity index (χ3n) is 3.19. The second kappa shape index (κ2) is 4.30. The summed E-state index contributed by atoms with van der Waals surface area (Å²) in [6, 6.07) is 8.32. The average Bonchev–Trinajstić information content (AvgIpc) is 3.00. The van der Waals surface area contributed by atoms with Gasteiger partial charge < -0.3 is 9.84 Å². The van der Waals surface area contributed by atoms with E-state index in [1.807, 2.05) is 18.2 Å². The first-order valence-electron chi connectivity index (χ1n) is 5.97. The normalized spacial score (nSPS) is 19.7. The van der Waals surface area contributed by atoms with Gasteiger partial charge in [-0.1, -0.05) is 29.4 Å². The molecule has 0 amide bonds. The Kier molecular flexibility index (Phi) is 2.65. The zero-order valence-electron chi connectivity index (χ0n) is 9.81. The molecule has 4 nitrogen and oxygen atoms in total. The lowest BCUT2D eigenvalue weighted by molar-refractivity contribution is 0.345. The lowest BCUT2D eigenvalue weighted by atomic mass is 10.1. The van der Waals surface area contributed by atoms with Crippen molar-refractivity contribution < 1.29 is 4.52 Å². The van der Waals surface area contributed by atoms with Crippen molar-refractivity contribution in [1.29, 1.82) is 0 Å². The van der Waals surface area contributed by atoms with Crippen molar-refractivity contribution in [3.05, 3.63) is 35.7 Å². The van der Waals surface area contributed by atoms with Crippen LogP contribution in [0.3, 0.4) is 0 Å². The minimum absolute atomic E-state index is 0.236. The molecule has 1 aromatic carbocycles. The summed E-state index contributed by atoms with van der Waals surface area (Å²) in [5, 5.41) is 7.42. The summed E-state index contributed by atoms with van der Waals surface area (Å²) in [5.74, 6) is 1.40. The Balaban J connectivity index is 1.92. The summed E-state index contributed by atoms with van der Waals surface area (Å²) in [6.07, 6.45) is 2.25. The second-order valence-electron chi connectivity index (χ2n) is 4.42. The van der Waals surface area contributed by atoms with Gasteiger partial charge in [0, 0.05) is 5.56 Å². The monoisotopic (exact) mass is 229 g/mol. The summed E-state index contributed by atoms with van der Waals surface area (Å²) in [5.41, 5.74) is 2.21. The molecule has 1 N–H and O–H groups in total. The standard InChI is InChI=1S/C13H15N3O/c1-9-5-2-3-6-10(9)12-15-13(17-16-12)11-7-4-8-14-11/h2-3,5-6,11,14H,4,7-8H2,1H3/t11-/m0/s1. The van der Waals surface area contributed by atoms with Gasteiger partial charge in [0.25, 0.3) is 0 Å². The summed E-state index contributed by atoms with van der Waals surface area (Å²) in [4.78, 5) is 4.48. The second-order valence-corrected chi connectivity index (χ2v) is 4.42. The van der Waals surface area contributed by atoms with Gasteiger partial charge in [-0.3, -0.25) is 0 Å². The van der Waals surface area contributed by atoms with E-state index in [2.05, 4.69) is 28.4 Å². The molecule has 1 atom stereocenters. The van der Waals surface area contributed by atoms with Crippen molar-refractivity contribution in [2.24, 2.45) is 0 Å². The smallest absolute Gasteiger partial charge is 0.244 e. The van der Waals surface area contributed by atoms with Crippen molar-refractivity contribution in [3.8, 4) is 11.4 Å². The molecular formula is C13H15N3O. The van der Waals surface area contributed by atoms with Gasteiger partial charge in [0.2, 0.25) is 11.7 Å². The van der Waals surface area contributed by atoms with Crippen LogP contribution >= 0.6 is 0 Å². The van der Waals surface area contributed by atoms with Crippen molar-refractivity contribution in [2.75, 3.05) is 6.54 Å². The molecule has 1 aliphatic rings.